The Labute approximate surface area is 152 Å². The SMILES string of the molecule is [C-]#[N+]c1ccc(Cn2c(N3CC[C@@H](O)[C@H](N)C3)nc3ccccc32)cc1. The second kappa shape index (κ2) is 6.79. The van der Waals surface area contributed by atoms with Gasteiger partial charge in [-0.15, -0.1) is 0 Å². The summed E-state index contributed by atoms with van der Waals surface area (Å²) < 4.78 is 2.19. The molecule has 0 radical (unpaired) electrons. The highest BCUT2D eigenvalue weighted by atomic mass is 16.3. The molecular weight excluding hydrogens is 326 g/mol. The van der Waals surface area contributed by atoms with E-state index in [0.29, 0.717) is 25.2 Å². The Bertz CT molecular complexity index is 956. The van der Waals surface area contributed by atoms with E-state index in [1.54, 1.807) is 0 Å². The summed E-state index contributed by atoms with van der Waals surface area (Å²) in [4.78, 5) is 10.4. The minimum atomic E-state index is -0.453. The molecule has 0 bridgehead atoms. The van der Waals surface area contributed by atoms with Gasteiger partial charge in [-0.3, -0.25) is 0 Å². The third-order valence-corrected chi connectivity index (χ3v) is 4.94. The predicted molar refractivity (Wildman–Crippen MR) is 102 cm³/mol. The van der Waals surface area contributed by atoms with E-state index in [4.69, 9.17) is 17.3 Å². The van der Waals surface area contributed by atoms with Crippen LogP contribution in [0.25, 0.3) is 15.9 Å². The van der Waals surface area contributed by atoms with E-state index >= 15 is 0 Å². The first kappa shape index (κ1) is 16.6. The number of aliphatic hydroxyl groups is 1. The molecule has 4 rings (SSSR count). The smallest absolute Gasteiger partial charge is 0.206 e. The average Bonchev–Trinajstić information content (AvgIpc) is 3.03. The summed E-state index contributed by atoms with van der Waals surface area (Å²) >= 11 is 0. The van der Waals surface area contributed by atoms with E-state index in [1.807, 2.05) is 42.5 Å². The number of fused-ring (bicyclic) bond motifs is 1. The first-order valence-corrected chi connectivity index (χ1v) is 8.76. The van der Waals surface area contributed by atoms with Crippen LogP contribution in [0.4, 0.5) is 11.6 Å². The summed E-state index contributed by atoms with van der Waals surface area (Å²) in [6.45, 7) is 9.08. The molecule has 6 nitrogen and oxygen atoms in total. The lowest BCUT2D eigenvalue weighted by Crippen LogP contribution is -2.52. The molecule has 1 aromatic heterocycles. The van der Waals surface area contributed by atoms with E-state index in [9.17, 15) is 5.11 Å². The van der Waals surface area contributed by atoms with Crippen LogP contribution in [0.3, 0.4) is 0 Å². The number of para-hydroxylation sites is 2. The highest BCUT2D eigenvalue weighted by Gasteiger charge is 2.28. The van der Waals surface area contributed by atoms with Crippen molar-refractivity contribution in [1.82, 2.24) is 9.55 Å². The van der Waals surface area contributed by atoms with Gasteiger partial charge < -0.3 is 20.3 Å². The van der Waals surface area contributed by atoms with E-state index in [0.717, 1.165) is 29.1 Å². The number of rotatable bonds is 3. The molecule has 26 heavy (non-hydrogen) atoms. The maximum absolute atomic E-state index is 9.93. The van der Waals surface area contributed by atoms with Gasteiger partial charge in [-0.2, -0.15) is 0 Å². The molecule has 0 aliphatic carbocycles. The number of nitrogens with two attached hydrogens (primary N) is 1. The summed E-state index contributed by atoms with van der Waals surface area (Å²) in [5, 5.41) is 9.93. The topological polar surface area (TPSA) is 71.7 Å². The summed E-state index contributed by atoms with van der Waals surface area (Å²) in [7, 11) is 0. The van der Waals surface area contributed by atoms with Crippen molar-refractivity contribution in [2.75, 3.05) is 18.0 Å². The Hall–Kier alpha value is -2.88. The van der Waals surface area contributed by atoms with Crippen LogP contribution < -0.4 is 10.6 Å². The monoisotopic (exact) mass is 347 g/mol. The highest BCUT2D eigenvalue weighted by Crippen LogP contribution is 2.26. The Morgan fingerprint density at radius 2 is 1.96 bits per heavy atom. The molecule has 0 unspecified atom stereocenters. The lowest BCUT2D eigenvalue weighted by Gasteiger charge is -2.35. The van der Waals surface area contributed by atoms with Crippen LogP contribution in [0, 0.1) is 6.57 Å². The van der Waals surface area contributed by atoms with E-state index in [1.165, 1.54) is 0 Å². The van der Waals surface area contributed by atoms with Crippen LogP contribution >= 0.6 is 0 Å². The van der Waals surface area contributed by atoms with E-state index < -0.39 is 6.10 Å². The molecule has 132 valence electrons. The summed E-state index contributed by atoms with van der Waals surface area (Å²) in [5.74, 6) is 0.878. The van der Waals surface area contributed by atoms with E-state index in [2.05, 4.69) is 20.4 Å². The molecule has 1 aliphatic rings. The van der Waals surface area contributed by atoms with Crippen LogP contribution in [-0.4, -0.2) is 39.9 Å². The molecule has 0 amide bonds. The molecule has 1 aliphatic heterocycles. The number of imidazole rings is 1. The molecule has 2 aromatic carbocycles. The Morgan fingerprint density at radius 1 is 1.19 bits per heavy atom. The lowest BCUT2D eigenvalue weighted by atomic mass is 10.0. The molecular formula is C20H21N5O. The highest BCUT2D eigenvalue weighted by molar-refractivity contribution is 5.79. The second-order valence-electron chi connectivity index (χ2n) is 6.73. The van der Waals surface area contributed by atoms with Crippen molar-refractivity contribution < 1.29 is 5.11 Å². The van der Waals surface area contributed by atoms with Crippen molar-refractivity contribution >= 4 is 22.7 Å². The normalized spacial score (nSPS) is 20.3. The maximum atomic E-state index is 9.93. The first-order chi connectivity index (χ1) is 12.7. The number of aliphatic hydroxyl groups excluding tert-OH is 1. The van der Waals surface area contributed by atoms with Crippen molar-refractivity contribution in [2.24, 2.45) is 5.73 Å². The number of piperidine rings is 1. The van der Waals surface area contributed by atoms with Gasteiger partial charge in [0.25, 0.3) is 0 Å². The number of hydrogen-bond donors (Lipinski definition) is 2. The van der Waals surface area contributed by atoms with Crippen molar-refractivity contribution in [2.45, 2.75) is 25.1 Å². The quantitative estimate of drug-likeness (QED) is 0.714. The number of aromatic nitrogens is 2. The van der Waals surface area contributed by atoms with Crippen molar-refractivity contribution in [3.63, 3.8) is 0 Å². The first-order valence-electron chi connectivity index (χ1n) is 8.76. The largest absolute Gasteiger partial charge is 0.391 e. The van der Waals surface area contributed by atoms with E-state index in [-0.39, 0.29) is 6.04 Å². The molecule has 0 saturated carbocycles. The predicted octanol–water partition coefficient (Wildman–Crippen LogP) is 2.53. The zero-order chi connectivity index (χ0) is 18.1. The fraction of sp³-hybridized carbons (Fsp3) is 0.300. The van der Waals surface area contributed by atoms with Gasteiger partial charge in [-0.1, -0.05) is 36.4 Å². The van der Waals surface area contributed by atoms with Crippen LogP contribution in [0.2, 0.25) is 0 Å². The molecule has 1 fully saturated rings. The van der Waals surface area contributed by atoms with Crippen molar-refractivity contribution in [3.8, 4) is 0 Å². The third-order valence-electron chi connectivity index (χ3n) is 4.94. The van der Waals surface area contributed by atoms with Gasteiger partial charge in [0.15, 0.2) is 5.69 Å². The molecule has 3 N–H and O–H groups in total. The standard InChI is InChI=1S/C20H21N5O/c1-22-15-8-6-14(7-9-15)12-25-18-5-3-2-4-17(18)23-20(25)24-11-10-19(26)16(21)13-24/h2-9,16,19,26H,10-13,21H2/t16-,19-/m1/s1. The molecule has 3 aromatic rings. The summed E-state index contributed by atoms with van der Waals surface area (Å²) in [6, 6.07) is 15.5. The Balaban J connectivity index is 1.73. The van der Waals surface area contributed by atoms with Gasteiger partial charge in [-0.05, 0) is 24.1 Å². The van der Waals surface area contributed by atoms with Gasteiger partial charge in [-0.25, -0.2) is 9.83 Å². The van der Waals surface area contributed by atoms with Crippen LogP contribution in [-0.2, 0) is 6.54 Å². The number of hydrogen-bond acceptors (Lipinski definition) is 4. The Kier molecular flexibility index (Phi) is 4.33. The van der Waals surface area contributed by atoms with Gasteiger partial charge >= 0.3 is 0 Å². The molecule has 2 heterocycles. The fourth-order valence-electron chi connectivity index (χ4n) is 3.47. The Morgan fingerprint density at radius 3 is 2.69 bits per heavy atom. The number of nitrogens with zero attached hydrogens (tertiary/aromatic N) is 4. The molecule has 1 saturated heterocycles. The average molecular weight is 347 g/mol. The minimum Gasteiger partial charge on any atom is -0.391 e. The second-order valence-corrected chi connectivity index (χ2v) is 6.73. The lowest BCUT2D eigenvalue weighted by molar-refractivity contribution is 0.124. The third kappa shape index (κ3) is 3.03. The number of anilines is 1. The summed E-state index contributed by atoms with van der Waals surface area (Å²) in [6.07, 6.45) is 0.189. The van der Waals surface area contributed by atoms with Gasteiger partial charge in [0.1, 0.15) is 0 Å². The number of benzene rings is 2. The van der Waals surface area contributed by atoms with Crippen molar-refractivity contribution in [1.29, 1.82) is 0 Å². The van der Waals surface area contributed by atoms with Gasteiger partial charge in [0.05, 0.1) is 30.3 Å². The zero-order valence-corrected chi connectivity index (χ0v) is 14.4. The van der Waals surface area contributed by atoms with Crippen LogP contribution in [0.1, 0.15) is 12.0 Å². The van der Waals surface area contributed by atoms with Crippen LogP contribution in [0.15, 0.2) is 48.5 Å². The molecule has 0 spiro atoms. The zero-order valence-electron chi connectivity index (χ0n) is 14.4. The fourth-order valence-corrected chi connectivity index (χ4v) is 3.47. The maximum Gasteiger partial charge on any atom is 0.206 e. The minimum absolute atomic E-state index is 0.269. The van der Waals surface area contributed by atoms with Gasteiger partial charge in [0, 0.05) is 19.1 Å². The molecule has 2 atom stereocenters. The van der Waals surface area contributed by atoms with Crippen molar-refractivity contribution in [3.05, 3.63) is 65.5 Å². The van der Waals surface area contributed by atoms with Gasteiger partial charge in [0.2, 0.25) is 5.95 Å². The van der Waals surface area contributed by atoms with Crippen LogP contribution in [0.5, 0.6) is 0 Å². The molecule has 6 heteroatoms. The summed E-state index contributed by atoms with van der Waals surface area (Å²) in [5.41, 5.74) is 9.84.